The molecule has 8 nitrogen and oxygen atoms in total. The van der Waals surface area contributed by atoms with Gasteiger partial charge in [0.25, 0.3) is 5.91 Å². The Bertz CT molecular complexity index is 1070. The number of nitrogens with one attached hydrogen (secondary N) is 1. The van der Waals surface area contributed by atoms with Gasteiger partial charge in [-0.2, -0.15) is 23.2 Å². The molecule has 0 fully saturated rings. The number of hydroxylamine groups is 2. The molecule has 0 spiro atoms. The molecular formula is C22H23F3N4O4. The van der Waals surface area contributed by atoms with E-state index in [9.17, 15) is 18.0 Å². The highest BCUT2D eigenvalue weighted by Crippen LogP contribution is 2.29. The van der Waals surface area contributed by atoms with Crippen LogP contribution in [0.4, 0.5) is 13.2 Å². The van der Waals surface area contributed by atoms with E-state index in [1.165, 1.54) is 24.3 Å². The third-order valence-electron chi connectivity index (χ3n) is 4.62. The van der Waals surface area contributed by atoms with Gasteiger partial charge in [0, 0.05) is 36.3 Å². The number of nitrogens with zero attached hydrogens (tertiary/aromatic N) is 3. The molecule has 1 amide bonds. The number of para-hydroxylation sites is 1. The first kappa shape index (κ1) is 24.2. The number of rotatable bonds is 9. The molecule has 3 rings (SSSR count). The minimum absolute atomic E-state index is 0.212. The Balaban J connectivity index is 1.51. The fourth-order valence-corrected chi connectivity index (χ4v) is 3.02. The number of aromatic nitrogens is 2. The number of halogens is 3. The van der Waals surface area contributed by atoms with Crippen LogP contribution in [0.25, 0.3) is 11.4 Å². The van der Waals surface area contributed by atoms with Crippen molar-refractivity contribution in [1.29, 1.82) is 0 Å². The van der Waals surface area contributed by atoms with E-state index < -0.39 is 12.1 Å². The van der Waals surface area contributed by atoms with Crippen molar-refractivity contribution in [2.45, 2.75) is 25.7 Å². The summed E-state index contributed by atoms with van der Waals surface area (Å²) in [7, 11) is 3.35. The zero-order valence-corrected chi connectivity index (χ0v) is 18.2. The molecule has 0 aliphatic heterocycles. The van der Waals surface area contributed by atoms with E-state index in [4.69, 9.17) is 9.57 Å². The molecule has 1 heterocycles. The number of hydrogen-bond donors (Lipinski definition) is 1. The lowest BCUT2D eigenvalue weighted by atomic mass is 10.1. The Kier molecular flexibility index (Phi) is 7.67. The van der Waals surface area contributed by atoms with Gasteiger partial charge in [-0.3, -0.25) is 9.63 Å². The van der Waals surface area contributed by atoms with Crippen LogP contribution in [0.15, 0.2) is 53.1 Å². The Morgan fingerprint density at radius 3 is 2.52 bits per heavy atom. The van der Waals surface area contributed by atoms with Crippen molar-refractivity contribution in [3.63, 3.8) is 0 Å². The van der Waals surface area contributed by atoms with Crippen LogP contribution in [0.2, 0.25) is 0 Å². The molecule has 11 heteroatoms. The first-order valence-electron chi connectivity index (χ1n) is 9.95. The maximum Gasteiger partial charge on any atom is 0.471 e. The molecular weight excluding hydrogens is 441 g/mol. The van der Waals surface area contributed by atoms with E-state index in [1.807, 2.05) is 31.2 Å². The van der Waals surface area contributed by atoms with E-state index in [1.54, 1.807) is 19.2 Å². The van der Waals surface area contributed by atoms with Crippen LogP contribution in [0.5, 0.6) is 5.75 Å². The predicted molar refractivity (Wildman–Crippen MR) is 112 cm³/mol. The van der Waals surface area contributed by atoms with Crippen molar-refractivity contribution in [3.05, 3.63) is 65.5 Å². The second-order valence-corrected chi connectivity index (χ2v) is 7.27. The Morgan fingerprint density at radius 1 is 1.18 bits per heavy atom. The number of carbonyl (C=O) groups excluding carboxylic acids is 1. The molecule has 3 aromatic rings. The van der Waals surface area contributed by atoms with Crippen molar-refractivity contribution in [1.82, 2.24) is 20.5 Å². The molecule has 1 unspecified atom stereocenters. The van der Waals surface area contributed by atoms with Gasteiger partial charge in [0.2, 0.25) is 5.82 Å². The van der Waals surface area contributed by atoms with E-state index in [2.05, 4.69) is 20.0 Å². The summed E-state index contributed by atoms with van der Waals surface area (Å²) in [5.41, 5.74) is 1.53. The maximum absolute atomic E-state index is 12.6. The van der Waals surface area contributed by atoms with Gasteiger partial charge in [-0.05, 0) is 25.1 Å². The molecule has 0 saturated heterocycles. The van der Waals surface area contributed by atoms with Crippen LogP contribution in [0.1, 0.15) is 28.7 Å². The number of carbonyl (C=O) groups is 1. The number of amides is 1. The van der Waals surface area contributed by atoms with Crippen molar-refractivity contribution >= 4 is 5.91 Å². The highest BCUT2D eigenvalue weighted by molar-refractivity contribution is 5.94. The maximum atomic E-state index is 12.6. The summed E-state index contributed by atoms with van der Waals surface area (Å²) < 4.78 is 47.3. The van der Waals surface area contributed by atoms with Gasteiger partial charge in [-0.15, -0.1) is 0 Å². The lowest BCUT2D eigenvalue weighted by Gasteiger charge is -2.22. The average Bonchev–Trinajstić information content (AvgIpc) is 3.29. The number of ether oxygens (including phenoxy) is 1. The molecule has 176 valence electrons. The Hall–Kier alpha value is -3.44. The largest absolute Gasteiger partial charge is 0.496 e. The molecule has 33 heavy (non-hydrogen) atoms. The van der Waals surface area contributed by atoms with Crippen LogP contribution in [-0.2, 0) is 17.6 Å². The zero-order chi connectivity index (χ0) is 24.0. The highest BCUT2D eigenvalue weighted by atomic mass is 19.4. The highest BCUT2D eigenvalue weighted by Gasteiger charge is 2.38. The molecule has 1 N–H and O–H groups in total. The van der Waals surface area contributed by atoms with Gasteiger partial charge >= 0.3 is 12.1 Å². The number of methoxy groups -OCH3 is 1. The third kappa shape index (κ3) is 6.53. The SMILES string of the molecule is COc1ccccc1CON(C)CC(C)NC(=O)c1ccc(-c2noc(C(F)(F)F)n2)cc1. The smallest absolute Gasteiger partial charge is 0.471 e. The monoisotopic (exact) mass is 464 g/mol. The molecule has 0 aliphatic carbocycles. The van der Waals surface area contributed by atoms with Crippen molar-refractivity contribution in [2.75, 3.05) is 20.7 Å². The normalized spacial score (nSPS) is 12.6. The van der Waals surface area contributed by atoms with Gasteiger partial charge in [-0.25, -0.2) is 0 Å². The standard InChI is InChI=1S/C22H23F3N4O4/c1-14(12-29(2)32-13-17-6-4-5-7-18(17)31-3)26-20(30)16-10-8-15(9-11-16)19-27-21(33-28-19)22(23,24)25/h4-11,14H,12-13H2,1-3H3,(H,26,30). The summed E-state index contributed by atoms with van der Waals surface area (Å²) >= 11 is 0. The molecule has 0 saturated carbocycles. The minimum Gasteiger partial charge on any atom is -0.496 e. The van der Waals surface area contributed by atoms with Crippen molar-refractivity contribution in [2.24, 2.45) is 0 Å². The van der Waals surface area contributed by atoms with Crippen LogP contribution in [-0.4, -0.2) is 47.9 Å². The molecule has 1 aromatic heterocycles. The second kappa shape index (κ2) is 10.5. The van der Waals surface area contributed by atoms with Gasteiger partial charge in [0.05, 0.1) is 13.7 Å². The molecule has 0 aliphatic rings. The molecule has 0 radical (unpaired) electrons. The first-order valence-corrected chi connectivity index (χ1v) is 9.95. The van der Waals surface area contributed by atoms with Gasteiger partial charge in [0.1, 0.15) is 5.75 Å². The average molecular weight is 464 g/mol. The summed E-state index contributed by atoms with van der Waals surface area (Å²) in [6, 6.07) is 13.1. The van der Waals surface area contributed by atoms with Gasteiger partial charge < -0.3 is 14.6 Å². The molecule has 2 aromatic carbocycles. The van der Waals surface area contributed by atoms with Crippen molar-refractivity contribution < 1.29 is 32.1 Å². The molecule has 0 bridgehead atoms. The summed E-state index contributed by atoms with van der Waals surface area (Å²) in [6.45, 7) is 2.56. The topological polar surface area (TPSA) is 89.7 Å². The Morgan fingerprint density at radius 2 is 1.88 bits per heavy atom. The number of alkyl halides is 3. The predicted octanol–water partition coefficient (Wildman–Crippen LogP) is 3.95. The van der Waals surface area contributed by atoms with E-state index in [-0.39, 0.29) is 17.8 Å². The first-order chi connectivity index (χ1) is 15.7. The minimum atomic E-state index is -4.72. The lowest BCUT2D eigenvalue weighted by molar-refractivity contribution is -0.159. The summed E-state index contributed by atoms with van der Waals surface area (Å²) in [5, 5.41) is 7.79. The zero-order valence-electron chi connectivity index (χ0n) is 18.2. The second-order valence-electron chi connectivity index (χ2n) is 7.27. The van der Waals surface area contributed by atoms with Crippen LogP contribution < -0.4 is 10.1 Å². The summed E-state index contributed by atoms with van der Waals surface area (Å²) in [6.07, 6.45) is -4.72. The van der Waals surface area contributed by atoms with Crippen LogP contribution in [0, 0.1) is 0 Å². The quantitative estimate of drug-likeness (QED) is 0.480. The third-order valence-corrected chi connectivity index (χ3v) is 4.62. The van der Waals surface area contributed by atoms with Crippen molar-refractivity contribution in [3.8, 4) is 17.1 Å². The number of likely N-dealkylation sites (N-methyl/N-ethyl adjacent to an activating group) is 1. The number of hydrogen-bond acceptors (Lipinski definition) is 7. The number of benzene rings is 2. The van der Waals surface area contributed by atoms with Crippen LogP contribution >= 0.6 is 0 Å². The summed E-state index contributed by atoms with van der Waals surface area (Å²) in [5.74, 6) is -1.25. The fourth-order valence-electron chi connectivity index (χ4n) is 3.02. The van der Waals surface area contributed by atoms with E-state index in [0.717, 1.165) is 11.3 Å². The molecule has 1 atom stereocenters. The summed E-state index contributed by atoms with van der Waals surface area (Å²) in [4.78, 5) is 21.5. The van der Waals surface area contributed by atoms with Gasteiger partial charge in [0.15, 0.2) is 0 Å². The van der Waals surface area contributed by atoms with Crippen LogP contribution in [0.3, 0.4) is 0 Å². The lowest BCUT2D eigenvalue weighted by Crippen LogP contribution is -2.40. The van der Waals surface area contributed by atoms with E-state index in [0.29, 0.717) is 24.3 Å². The van der Waals surface area contributed by atoms with Gasteiger partial charge in [-0.1, -0.05) is 35.5 Å². The van der Waals surface area contributed by atoms with E-state index >= 15 is 0 Å². The Labute approximate surface area is 188 Å². The fraction of sp³-hybridized carbons (Fsp3) is 0.318.